The number of fused-ring (bicyclic) bond motifs is 2. The molecule has 25 heavy (non-hydrogen) atoms. The molecule has 4 heteroatoms. The van der Waals surface area contributed by atoms with Gasteiger partial charge < -0.3 is 14.8 Å². The molecule has 0 amide bonds. The van der Waals surface area contributed by atoms with Gasteiger partial charge in [-0.15, -0.1) is 0 Å². The summed E-state index contributed by atoms with van der Waals surface area (Å²) in [5, 5.41) is 4.85. The lowest BCUT2D eigenvalue weighted by Gasteiger charge is -2.15. The predicted molar refractivity (Wildman–Crippen MR) is 101 cm³/mol. The minimum Gasteiger partial charge on any atom is -0.493 e. The summed E-state index contributed by atoms with van der Waals surface area (Å²) < 4.78 is 10.7. The molecule has 0 saturated heterocycles. The Morgan fingerprint density at radius 3 is 2.68 bits per heavy atom. The van der Waals surface area contributed by atoms with Gasteiger partial charge in [-0.3, -0.25) is 4.98 Å². The number of benzene rings is 2. The fourth-order valence-corrected chi connectivity index (χ4v) is 3.59. The van der Waals surface area contributed by atoms with Crippen molar-refractivity contribution in [2.45, 2.75) is 25.8 Å². The van der Waals surface area contributed by atoms with E-state index in [1.165, 1.54) is 28.8 Å². The maximum absolute atomic E-state index is 5.41. The monoisotopic (exact) mass is 334 g/mol. The van der Waals surface area contributed by atoms with E-state index in [1.54, 1.807) is 14.2 Å². The van der Waals surface area contributed by atoms with Crippen LogP contribution in [0.1, 0.15) is 23.2 Å². The smallest absolute Gasteiger partial charge is 0.161 e. The minimum absolute atomic E-state index is 0.737. The van der Waals surface area contributed by atoms with Crippen molar-refractivity contribution >= 4 is 16.6 Å². The zero-order chi connectivity index (χ0) is 17.2. The van der Waals surface area contributed by atoms with E-state index in [1.807, 2.05) is 12.1 Å². The molecule has 0 radical (unpaired) electrons. The van der Waals surface area contributed by atoms with E-state index in [0.29, 0.717) is 0 Å². The number of hydrogen-bond donors (Lipinski definition) is 1. The first-order valence-corrected chi connectivity index (χ1v) is 8.65. The number of nitrogens with zero attached hydrogens (tertiary/aromatic N) is 1. The number of rotatable bonds is 5. The van der Waals surface area contributed by atoms with Crippen LogP contribution in [-0.4, -0.2) is 19.2 Å². The number of para-hydroxylation sites is 1. The molecular formula is C21H22N2O2. The van der Waals surface area contributed by atoms with E-state index in [-0.39, 0.29) is 0 Å². The molecule has 4 nitrogen and oxygen atoms in total. The minimum atomic E-state index is 0.737. The first kappa shape index (κ1) is 15.8. The average Bonchev–Trinajstić information content (AvgIpc) is 3.13. The van der Waals surface area contributed by atoms with Crippen LogP contribution < -0.4 is 14.8 Å². The first-order chi connectivity index (χ1) is 12.3. The highest BCUT2D eigenvalue weighted by Gasteiger charge is 2.19. The Kier molecular flexibility index (Phi) is 4.18. The normalized spacial score (nSPS) is 12.9. The second-order valence-electron chi connectivity index (χ2n) is 6.33. The van der Waals surface area contributed by atoms with Gasteiger partial charge in [-0.25, -0.2) is 0 Å². The predicted octanol–water partition coefficient (Wildman–Crippen LogP) is 4.35. The summed E-state index contributed by atoms with van der Waals surface area (Å²) in [6.45, 7) is 0.737. The third-order valence-electron chi connectivity index (χ3n) is 4.84. The number of ether oxygens (including phenoxy) is 2. The van der Waals surface area contributed by atoms with Crippen molar-refractivity contribution in [3.05, 3.63) is 59.3 Å². The summed E-state index contributed by atoms with van der Waals surface area (Å²) in [5.74, 6) is 1.51. The number of aromatic nitrogens is 1. The maximum Gasteiger partial charge on any atom is 0.161 e. The summed E-state index contributed by atoms with van der Waals surface area (Å²) in [6, 6.07) is 14.4. The molecule has 0 unspecified atom stereocenters. The lowest BCUT2D eigenvalue weighted by molar-refractivity contribution is 0.354. The lowest BCUT2D eigenvalue weighted by Crippen LogP contribution is -2.05. The van der Waals surface area contributed by atoms with Crippen molar-refractivity contribution < 1.29 is 9.47 Å². The number of methoxy groups -OCH3 is 2. The van der Waals surface area contributed by atoms with Gasteiger partial charge in [0.1, 0.15) is 0 Å². The van der Waals surface area contributed by atoms with E-state index in [4.69, 9.17) is 14.5 Å². The summed E-state index contributed by atoms with van der Waals surface area (Å²) in [4.78, 5) is 4.84. The Morgan fingerprint density at radius 1 is 1.00 bits per heavy atom. The van der Waals surface area contributed by atoms with E-state index < -0.39 is 0 Å². The molecule has 1 N–H and O–H groups in total. The second-order valence-corrected chi connectivity index (χ2v) is 6.33. The molecule has 2 aromatic carbocycles. The van der Waals surface area contributed by atoms with E-state index in [9.17, 15) is 0 Å². The topological polar surface area (TPSA) is 43.4 Å². The van der Waals surface area contributed by atoms with Crippen molar-refractivity contribution in [1.29, 1.82) is 0 Å². The van der Waals surface area contributed by atoms with Crippen molar-refractivity contribution in [2.24, 2.45) is 0 Å². The van der Waals surface area contributed by atoms with Gasteiger partial charge in [-0.1, -0.05) is 24.3 Å². The van der Waals surface area contributed by atoms with E-state index >= 15 is 0 Å². The van der Waals surface area contributed by atoms with Crippen molar-refractivity contribution in [2.75, 3.05) is 19.5 Å². The molecule has 0 atom stereocenters. The number of anilines is 1. The Bertz CT molecular complexity index is 921. The average molecular weight is 334 g/mol. The molecule has 1 aliphatic rings. The Balaban J connectivity index is 1.67. The molecule has 0 spiro atoms. The van der Waals surface area contributed by atoms with Crippen LogP contribution in [-0.2, 0) is 19.4 Å². The highest BCUT2D eigenvalue weighted by atomic mass is 16.5. The van der Waals surface area contributed by atoms with Crippen LogP contribution in [0.25, 0.3) is 10.9 Å². The van der Waals surface area contributed by atoms with Crippen LogP contribution in [0, 0.1) is 0 Å². The summed E-state index contributed by atoms with van der Waals surface area (Å²) >= 11 is 0. The van der Waals surface area contributed by atoms with E-state index in [2.05, 4.69) is 35.6 Å². The van der Waals surface area contributed by atoms with Gasteiger partial charge in [0, 0.05) is 23.3 Å². The molecule has 1 aliphatic carbocycles. The molecule has 1 aromatic heterocycles. The molecule has 3 aromatic rings. The number of nitrogens with one attached hydrogen (secondary N) is 1. The molecule has 0 fully saturated rings. The summed E-state index contributed by atoms with van der Waals surface area (Å²) in [7, 11) is 3.32. The highest BCUT2D eigenvalue weighted by Crippen LogP contribution is 2.34. The standard InChI is InChI=1S/C21H22N2O2/c1-24-19-11-10-14(12-20(19)25-2)13-22-21-15-6-3-4-8-17(15)23-18-9-5-7-16(18)21/h3-4,6,8,10-12H,5,7,9,13H2,1-2H3,(H,22,23). The van der Waals surface area contributed by atoms with E-state index in [0.717, 1.165) is 42.0 Å². The quantitative estimate of drug-likeness (QED) is 0.753. The van der Waals surface area contributed by atoms with Crippen LogP contribution in [0.15, 0.2) is 42.5 Å². The summed E-state index contributed by atoms with van der Waals surface area (Å²) in [5.41, 5.74) is 6.07. The summed E-state index contributed by atoms with van der Waals surface area (Å²) in [6.07, 6.45) is 3.36. The molecule has 0 aliphatic heterocycles. The van der Waals surface area contributed by atoms with Gasteiger partial charge >= 0.3 is 0 Å². The third-order valence-corrected chi connectivity index (χ3v) is 4.84. The largest absolute Gasteiger partial charge is 0.493 e. The maximum atomic E-state index is 5.41. The van der Waals surface area contributed by atoms with Crippen LogP contribution >= 0.6 is 0 Å². The zero-order valence-electron chi connectivity index (χ0n) is 14.6. The lowest BCUT2D eigenvalue weighted by atomic mass is 10.1. The van der Waals surface area contributed by atoms with Gasteiger partial charge in [0.15, 0.2) is 11.5 Å². The Hall–Kier alpha value is -2.75. The molecule has 128 valence electrons. The molecule has 0 saturated carbocycles. The first-order valence-electron chi connectivity index (χ1n) is 8.65. The molecule has 0 bridgehead atoms. The number of pyridine rings is 1. The zero-order valence-corrected chi connectivity index (χ0v) is 14.6. The van der Waals surface area contributed by atoms with Crippen LogP contribution in [0.2, 0.25) is 0 Å². The fraction of sp³-hybridized carbons (Fsp3) is 0.286. The fourth-order valence-electron chi connectivity index (χ4n) is 3.59. The van der Waals surface area contributed by atoms with Gasteiger partial charge in [-0.05, 0) is 48.6 Å². The molecule has 4 rings (SSSR count). The Labute approximate surface area is 147 Å². The highest BCUT2D eigenvalue weighted by molar-refractivity contribution is 5.93. The Morgan fingerprint density at radius 2 is 1.84 bits per heavy atom. The van der Waals surface area contributed by atoms with Gasteiger partial charge in [-0.2, -0.15) is 0 Å². The van der Waals surface area contributed by atoms with Crippen LogP contribution in [0.5, 0.6) is 11.5 Å². The SMILES string of the molecule is COc1ccc(CNc2c3c(nc4ccccc24)CCC3)cc1OC. The third kappa shape index (κ3) is 2.88. The second kappa shape index (κ2) is 6.63. The van der Waals surface area contributed by atoms with Crippen molar-refractivity contribution in [3.63, 3.8) is 0 Å². The van der Waals surface area contributed by atoms with Gasteiger partial charge in [0.05, 0.1) is 19.7 Å². The van der Waals surface area contributed by atoms with Gasteiger partial charge in [0.2, 0.25) is 0 Å². The molecular weight excluding hydrogens is 312 g/mol. The molecule has 1 heterocycles. The van der Waals surface area contributed by atoms with Crippen LogP contribution in [0.3, 0.4) is 0 Å². The van der Waals surface area contributed by atoms with Crippen molar-refractivity contribution in [1.82, 2.24) is 4.98 Å². The number of aryl methyl sites for hydroxylation is 1. The van der Waals surface area contributed by atoms with Crippen molar-refractivity contribution in [3.8, 4) is 11.5 Å². The number of hydrogen-bond acceptors (Lipinski definition) is 4. The van der Waals surface area contributed by atoms with Gasteiger partial charge in [0.25, 0.3) is 0 Å². The van der Waals surface area contributed by atoms with Crippen LogP contribution in [0.4, 0.5) is 5.69 Å².